The number of rotatable bonds is 3. The second kappa shape index (κ2) is 7.55. The summed E-state index contributed by atoms with van der Waals surface area (Å²) in [6, 6.07) is 11.8. The van der Waals surface area contributed by atoms with Crippen molar-refractivity contribution in [2.45, 2.75) is 38.3 Å². The fourth-order valence-electron chi connectivity index (χ4n) is 5.32. The van der Waals surface area contributed by atoms with E-state index in [1.54, 1.807) is 4.90 Å². The number of hydrogen-bond acceptors (Lipinski definition) is 5. The van der Waals surface area contributed by atoms with Crippen molar-refractivity contribution in [3.8, 4) is 5.69 Å². The number of imidazole rings is 1. The fourth-order valence-corrected chi connectivity index (χ4v) is 5.32. The molecule has 1 unspecified atom stereocenters. The Balaban J connectivity index is 1.40. The molecule has 0 radical (unpaired) electrons. The Morgan fingerprint density at radius 2 is 1.94 bits per heavy atom. The van der Waals surface area contributed by atoms with Crippen LogP contribution in [0.2, 0.25) is 0 Å². The quantitative estimate of drug-likeness (QED) is 0.630. The molecule has 1 aromatic heterocycles. The van der Waals surface area contributed by atoms with Crippen LogP contribution in [0.4, 0.5) is 4.39 Å². The Labute approximate surface area is 195 Å². The molecule has 0 spiro atoms. The first-order chi connectivity index (χ1) is 16.5. The van der Waals surface area contributed by atoms with Crippen molar-refractivity contribution in [1.29, 1.82) is 0 Å². The summed E-state index contributed by atoms with van der Waals surface area (Å²) in [5, 5.41) is 14.5. The molecule has 3 heterocycles. The standard InChI is InChI=1S/C26H23FN4O3/c1-16-14-30(15-28-16)20-9-11-21-17(13-20)4-10-22(21)23-3-2-12-31-24(23)29-34-26(31,25(32)33)18-5-7-19(27)8-6-18/h5-9,11,13-15H,2-4,10,12H2,1H3,(H,32,33)/b23-22+. The first-order valence-electron chi connectivity index (χ1n) is 11.4. The molecule has 0 bridgehead atoms. The van der Waals surface area contributed by atoms with E-state index < -0.39 is 17.5 Å². The van der Waals surface area contributed by atoms with Crippen LogP contribution in [0.5, 0.6) is 0 Å². The molecule has 1 atom stereocenters. The maximum absolute atomic E-state index is 13.5. The van der Waals surface area contributed by atoms with E-state index in [1.807, 2.05) is 24.0 Å². The number of carboxylic acids is 1. The van der Waals surface area contributed by atoms with Gasteiger partial charge in [-0.15, -0.1) is 0 Å². The van der Waals surface area contributed by atoms with Gasteiger partial charge in [-0.2, -0.15) is 0 Å². The van der Waals surface area contributed by atoms with Crippen LogP contribution in [0.3, 0.4) is 0 Å². The molecule has 1 aliphatic carbocycles. The molecule has 172 valence electrons. The Morgan fingerprint density at radius 1 is 1.12 bits per heavy atom. The Bertz CT molecular complexity index is 1370. The van der Waals surface area contributed by atoms with Gasteiger partial charge in [-0.1, -0.05) is 11.2 Å². The third kappa shape index (κ3) is 2.98. The molecular weight excluding hydrogens is 435 g/mol. The van der Waals surface area contributed by atoms with Gasteiger partial charge in [0.1, 0.15) is 5.82 Å². The number of benzene rings is 2. The summed E-state index contributed by atoms with van der Waals surface area (Å²) in [7, 11) is 0. The maximum atomic E-state index is 13.5. The highest BCUT2D eigenvalue weighted by Crippen LogP contribution is 2.44. The normalized spacial score (nSPS) is 23.4. The van der Waals surface area contributed by atoms with E-state index >= 15 is 0 Å². The lowest BCUT2D eigenvalue weighted by Crippen LogP contribution is -2.53. The predicted octanol–water partition coefficient (Wildman–Crippen LogP) is 4.40. The summed E-state index contributed by atoms with van der Waals surface area (Å²) < 4.78 is 15.6. The number of aryl methyl sites for hydroxylation is 2. The second-order valence-corrected chi connectivity index (χ2v) is 8.94. The third-order valence-electron chi connectivity index (χ3n) is 6.94. The van der Waals surface area contributed by atoms with E-state index in [-0.39, 0.29) is 0 Å². The van der Waals surface area contributed by atoms with Gasteiger partial charge in [0.05, 0.1) is 12.0 Å². The number of hydrogen-bond donors (Lipinski definition) is 1. The average molecular weight is 458 g/mol. The molecule has 1 N–H and O–H groups in total. The number of aromatic nitrogens is 2. The van der Waals surface area contributed by atoms with Crippen LogP contribution in [0.15, 0.2) is 65.7 Å². The number of allylic oxidation sites excluding steroid dienone is 1. The van der Waals surface area contributed by atoms with Gasteiger partial charge in [0.15, 0.2) is 5.84 Å². The number of aliphatic carboxylic acids is 1. The third-order valence-corrected chi connectivity index (χ3v) is 6.94. The van der Waals surface area contributed by atoms with Crippen LogP contribution in [0, 0.1) is 12.7 Å². The van der Waals surface area contributed by atoms with E-state index in [2.05, 4.69) is 28.3 Å². The molecule has 3 aromatic rings. The van der Waals surface area contributed by atoms with Gasteiger partial charge in [-0.05, 0) is 85.7 Å². The smallest absolute Gasteiger partial charge is 0.377 e. The topological polar surface area (TPSA) is 80.0 Å². The van der Waals surface area contributed by atoms with Gasteiger partial charge in [0.25, 0.3) is 0 Å². The van der Waals surface area contributed by atoms with Crippen LogP contribution in [0.1, 0.15) is 41.6 Å². The number of fused-ring (bicyclic) bond motifs is 2. The minimum absolute atomic E-state index is 0.346. The predicted molar refractivity (Wildman–Crippen MR) is 124 cm³/mol. The van der Waals surface area contributed by atoms with E-state index in [0.717, 1.165) is 42.6 Å². The molecule has 7 nitrogen and oxygen atoms in total. The number of amidine groups is 1. The molecule has 6 rings (SSSR count). The zero-order valence-electron chi connectivity index (χ0n) is 18.7. The summed E-state index contributed by atoms with van der Waals surface area (Å²) in [6.45, 7) is 2.46. The fraction of sp³-hybridized carbons (Fsp3) is 0.269. The van der Waals surface area contributed by atoms with Crippen LogP contribution < -0.4 is 0 Å². The Kier molecular flexibility index (Phi) is 4.58. The number of halogens is 1. The summed E-state index contributed by atoms with van der Waals surface area (Å²) in [4.78, 5) is 24.2. The molecule has 0 amide bonds. The van der Waals surface area contributed by atoms with Crippen molar-refractivity contribution in [2.24, 2.45) is 5.16 Å². The summed E-state index contributed by atoms with van der Waals surface area (Å²) in [5.74, 6) is -1.04. The molecule has 1 saturated heterocycles. The van der Waals surface area contributed by atoms with Crippen molar-refractivity contribution in [3.05, 3.63) is 88.8 Å². The number of carboxylic acid groups (broad SMARTS) is 1. The van der Waals surface area contributed by atoms with E-state index in [9.17, 15) is 14.3 Å². The van der Waals surface area contributed by atoms with Crippen LogP contribution in [-0.2, 0) is 21.8 Å². The highest BCUT2D eigenvalue weighted by Gasteiger charge is 2.56. The van der Waals surface area contributed by atoms with Crippen LogP contribution >= 0.6 is 0 Å². The number of carbonyl (C=O) groups is 1. The van der Waals surface area contributed by atoms with Gasteiger partial charge >= 0.3 is 11.7 Å². The van der Waals surface area contributed by atoms with Gasteiger partial charge in [0.2, 0.25) is 0 Å². The highest BCUT2D eigenvalue weighted by atomic mass is 19.1. The molecule has 2 aromatic carbocycles. The average Bonchev–Trinajstić information content (AvgIpc) is 3.56. The van der Waals surface area contributed by atoms with Crippen LogP contribution in [-0.4, -0.2) is 37.9 Å². The zero-order chi connectivity index (χ0) is 23.4. The van der Waals surface area contributed by atoms with Gasteiger partial charge < -0.3 is 19.4 Å². The minimum Gasteiger partial charge on any atom is -0.476 e. The van der Waals surface area contributed by atoms with Gasteiger partial charge in [-0.3, -0.25) is 0 Å². The van der Waals surface area contributed by atoms with Crippen molar-refractivity contribution in [1.82, 2.24) is 14.5 Å². The molecule has 8 heteroatoms. The van der Waals surface area contributed by atoms with E-state index in [0.29, 0.717) is 17.9 Å². The number of oxime groups is 1. The Morgan fingerprint density at radius 3 is 2.68 bits per heavy atom. The van der Waals surface area contributed by atoms with Gasteiger partial charge in [-0.25, -0.2) is 14.2 Å². The molecule has 1 fully saturated rings. The lowest BCUT2D eigenvalue weighted by atomic mass is 9.91. The lowest BCUT2D eigenvalue weighted by molar-refractivity contribution is -0.183. The SMILES string of the molecule is Cc1cn(-c2ccc3c(c2)CC/C3=C2/CCCN3C2=NOC3(C(=O)O)c2ccc(F)cc2)cn1. The van der Waals surface area contributed by atoms with Gasteiger partial charge in [0, 0.05) is 29.6 Å². The number of piperidine rings is 1. The monoisotopic (exact) mass is 458 g/mol. The van der Waals surface area contributed by atoms with Crippen molar-refractivity contribution in [3.63, 3.8) is 0 Å². The summed E-state index contributed by atoms with van der Waals surface area (Å²) >= 11 is 0. The summed E-state index contributed by atoms with van der Waals surface area (Å²) in [5.41, 5.74) is 5.24. The van der Waals surface area contributed by atoms with E-state index in [4.69, 9.17) is 4.84 Å². The number of nitrogens with zero attached hydrogens (tertiary/aromatic N) is 4. The van der Waals surface area contributed by atoms with E-state index in [1.165, 1.54) is 41.0 Å². The van der Waals surface area contributed by atoms with Crippen LogP contribution in [0.25, 0.3) is 11.3 Å². The zero-order valence-corrected chi connectivity index (χ0v) is 18.7. The highest BCUT2D eigenvalue weighted by molar-refractivity contribution is 6.08. The van der Waals surface area contributed by atoms with Crippen molar-refractivity contribution < 1.29 is 19.1 Å². The Hall–Kier alpha value is -3.94. The second-order valence-electron chi connectivity index (χ2n) is 8.94. The molecule has 2 aliphatic heterocycles. The maximum Gasteiger partial charge on any atom is 0.377 e. The van der Waals surface area contributed by atoms with Crippen molar-refractivity contribution >= 4 is 17.4 Å². The first kappa shape index (κ1) is 20.7. The molecule has 3 aliphatic rings. The minimum atomic E-state index is -1.79. The molecule has 0 saturated carbocycles. The first-order valence-corrected chi connectivity index (χ1v) is 11.4. The van der Waals surface area contributed by atoms with Crippen molar-refractivity contribution in [2.75, 3.05) is 6.54 Å². The lowest BCUT2D eigenvalue weighted by Gasteiger charge is -2.37. The molecule has 34 heavy (non-hydrogen) atoms. The molecular formula is C26H23FN4O3. The summed E-state index contributed by atoms with van der Waals surface area (Å²) in [6.07, 6.45) is 7.16. The largest absolute Gasteiger partial charge is 0.476 e.